The first-order chi connectivity index (χ1) is 14.2. The van der Waals surface area contributed by atoms with Gasteiger partial charge in [-0.15, -0.1) is 0 Å². The summed E-state index contributed by atoms with van der Waals surface area (Å²) in [5.41, 5.74) is 15.6. The fraction of sp³-hybridized carbons (Fsp3) is 0.429. The summed E-state index contributed by atoms with van der Waals surface area (Å²) in [7, 11) is 1.89. The second-order valence-corrected chi connectivity index (χ2v) is 6.95. The summed E-state index contributed by atoms with van der Waals surface area (Å²) in [6.07, 6.45) is 9.73. The van der Waals surface area contributed by atoms with Crippen molar-refractivity contribution in [3.8, 4) is 0 Å². The second kappa shape index (κ2) is 10.8. The molecule has 6 N–H and O–H groups in total. The number of rotatable bonds is 9. The van der Waals surface area contributed by atoms with Crippen LogP contribution in [0, 0.1) is 0 Å². The minimum Gasteiger partial charge on any atom is -0.398 e. The van der Waals surface area contributed by atoms with Crippen LogP contribution in [0.5, 0.6) is 0 Å². The van der Waals surface area contributed by atoms with E-state index >= 15 is 0 Å². The van der Waals surface area contributed by atoms with Crippen LogP contribution in [-0.4, -0.2) is 36.5 Å². The van der Waals surface area contributed by atoms with E-state index in [1.165, 1.54) is 6.42 Å². The van der Waals surface area contributed by atoms with Crippen molar-refractivity contribution >= 4 is 29.2 Å². The Balaban J connectivity index is 1.66. The number of nitrogens with zero attached hydrogens (tertiary/aromatic N) is 2. The molecule has 0 bridgehead atoms. The molecule has 1 aliphatic heterocycles. The van der Waals surface area contributed by atoms with Crippen LogP contribution in [0.3, 0.4) is 0 Å². The number of aromatic nitrogens is 2. The van der Waals surface area contributed by atoms with Gasteiger partial charge in [-0.05, 0) is 62.1 Å². The van der Waals surface area contributed by atoms with E-state index < -0.39 is 0 Å². The monoisotopic (exact) mass is 398 g/mol. The Labute approximate surface area is 171 Å². The zero-order valence-electron chi connectivity index (χ0n) is 16.9. The fourth-order valence-electron chi connectivity index (χ4n) is 3.20. The van der Waals surface area contributed by atoms with E-state index in [9.17, 15) is 0 Å². The minimum absolute atomic E-state index is 0.0581. The highest BCUT2D eigenvalue weighted by molar-refractivity contribution is 5.74. The molecule has 0 radical (unpaired) electrons. The van der Waals surface area contributed by atoms with Crippen LogP contribution in [-0.2, 0) is 16.0 Å². The van der Waals surface area contributed by atoms with Gasteiger partial charge in [-0.3, -0.25) is 0 Å². The molecule has 0 saturated carbocycles. The molecule has 1 fully saturated rings. The van der Waals surface area contributed by atoms with E-state index in [2.05, 4.69) is 26.7 Å². The van der Waals surface area contributed by atoms with Gasteiger partial charge < -0.3 is 31.6 Å². The molecule has 1 saturated heterocycles. The van der Waals surface area contributed by atoms with E-state index in [-0.39, 0.29) is 12.2 Å². The quantitative estimate of drug-likeness (QED) is 0.376. The molecule has 1 aromatic carbocycles. The predicted octanol–water partition coefficient (Wildman–Crippen LogP) is 3.05. The fourth-order valence-corrected chi connectivity index (χ4v) is 3.20. The molecule has 1 atom stereocenters. The van der Waals surface area contributed by atoms with Gasteiger partial charge in [0.25, 0.3) is 0 Å². The first-order valence-electron chi connectivity index (χ1n) is 9.98. The predicted molar refractivity (Wildman–Crippen MR) is 117 cm³/mol. The average molecular weight is 399 g/mol. The van der Waals surface area contributed by atoms with Gasteiger partial charge in [0.15, 0.2) is 6.29 Å². The third kappa shape index (κ3) is 6.42. The summed E-state index contributed by atoms with van der Waals surface area (Å²) in [6.45, 7) is 2.09. The van der Waals surface area contributed by atoms with Crippen LogP contribution < -0.4 is 22.1 Å². The van der Waals surface area contributed by atoms with Gasteiger partial charge in [0.05, 0.1) is 6.61 Å². The number of nitrogens with two attached hydrogens (primary N) is 2. The van der Waals surface area contributed by atoms with Crippen LogP contribution >= 0.6 is 0 Å². The van der Waals surface area contributed by atoms with Crippen molar-refractivity contribution in [2.75, 3.05) is 37.0 Å². The molecule has 8 nitrogen and oxygen atoms in total. The van der Waals surface area contributed by atoms with Crippen molar-refractivity contribution in [2.45, 2.75) is 38.5 Å². The zero-order chi connectivity index (χ0) is 20.5. The molecule has 8 heteroatoms. The summed E-state index contributed by atoms with van der Waals surface area (Å²) in [5, 5.41) is 6.42. The van der Waals surface area contributed by atoms with Crippen molar-refractivity contribution in [3.63, 3.8) is 0 Å². The maximum atomic E-state index is 6.37. The topological polar surface area (TPSA) is 120 Å². The van der Waals surface area contributed by atoms with Gasteiger partial charge in [0, 0.05) is 30.7 Å². The molecule has 1 unspecified atom stereocenters. The summed E-state index contributed by atoms with van der Waals surface area (Å²) >= 11 is 0. The van der Waals surface area contributed by atoms with Gasteiger partial charge in [-0.25, -0.2) is 4.98 Å². The maximum Gasteiger partial charge on any atom is 0.221 e. The summed E-state index contributed by atoms with van der Waals surface area (Å²) in [5.74, 6) is 0.858. The van der Waals surface area contributed by atoms with E-state index in [0.29, 0.717) is 19.0 Å². The van der Waals surface area contributed by atoms with E-state index in [1.807, 2.05) is 25.3 Å². The Morgan fingerprint density at radius 3 is 2.97 bits per heavy atom. The van der Waals surface area contributed by atoms with Gasteiger partial charge in [-0.1, -0.05) is 12.2 Å². The highest BCUT2D eigenvalue weighted by atomic mass is 16.7. The Hall–Kier alpha value is -2.68. The van der Waals surface area contributed by atoms with Gasteiger partial charge >= 0.3 is 0 Å². The largest absolute Gasteiger partial charge is 0.398 e. The molecule has 0 spiro atoms. The van der Waals surface area contributed by atoms with Crippen LogP contribution in [0.2, 0.25) is 0 Å². The molecular formula is C21H30N6O2. The lowest BCUT2D eigenvalue weighted by molar-refractivity contribution is -0.161. The third-order valence-electron chi connectivity index (χ3n) is 4.64. The molecule has 2 aromatic rings. The van der Waals surface area contributed by atoms with Crippen molar-refractivity contribution in [1.29, 1.82) is 0 Å². The Morgan fingerprint density at radius 2 is 2.21 bits per heavy atom. The van der Waals surface area contributed by atoms with Crippen molar-refractivity contribution in [1.82, 2.24) is 15.3 Å². The minimum atomic E-state index is -0.0581. The smallest absolute Gasteiger partial charge is 0.221 e. The number of anilines is 4. The molecule has 156 valence electrons. The van der Waals surface area contributed by atoms with Crippen molar-refractivity contribution in [3.05, 3.63) is 41.6 Å². The standard InChI is InChI=1S/C21H30N6O2/c1-24-14-16-13-17(26-18-8-9-25-21(23)27-18)12-15(20(16)22)6-2-4-10-28-19-7-3-5-11-29-19/h2,6,8-9,12-13,19,24H,3-5,7,10-11,14,22H2,1H3,(H3,23,25,26,27)/b6-2+. The lowest BCUT2D eigenvalue weighted by Gasteiger charge is -2.22. The molecule has 1 aromatic heterocycles. The summed E-state index contributed by atoms with van der Waals surface area (Å²) in [4.78, 5) is 8.11. The van der Waals surface area contributed by atoms with E-state index in [0.717, 1.165) is 48.4 Å². The Kier molecular flexibility index (Phi) is 7.80. The Morgan fingerprint density at radius 1 is 1.31 bits per heavy atom. The van der Waals surface area contributed by atoms with Crippen molar-refractivity contribution in [2.24, 2.45) is 0 Å². The van der Waals surface area contributed by atoms with Gasteiger partial charge in [0.1, 0.15) is 5.82 Å². The molecule has 29 heavy (non-hydrogen) atoms. The zero-order valence-corrected chi connectivity index (χ0v) is 16.9. The average Bonchev–Trinajstić information content (AvgIpc) is 2.72. The second-order valence-electron chi connectivity index (χ2n) is 6.95. The molecular weight excluding hydrogens is 368 g/mol. The highest BCUT2D eigenvalue weighted by Gasteiger charge is 2.13. The molecule has 2 heterocycles. The van der Waals surface area contributed by atoms with Crippen LogP contribution in [0.15, 0.2) is 30.5 Å². The molecule has 0 aliphatic carbocycles. The summed E-state index contributed by atoms with van der Waals surface area (Å²) in [6, 6.07) is 5.77. The van der Waals surface area contributed by atoms with Crippen molar-refractivity contribution < 1.29 is 9.47 Å². The summed E-state index contributed by atoms with van der Waals surface area (Å²) < 4.78 is 11.4. The number of hydrogen-bond donors (Lipinski definition) is 4. The lowest BCUT2D eigenvalue weighted by atomic mass is 10.0. The molecule has 1 aliphatic rings. The molecule has 0 amide bonds. The maximum absolute atomic E-state index is 6.37. The van der Waals surface area contributed by atoms with Gasteiger partial charge in [0.2, 0.25) is 5.95 Å². The SMILES string of the molecule is CNCc1cc(Nc2ccnc(N)n2)cc(/C=C/CCOC2CCCCO2)c1N. The normalized spacial score (nSPS) is 16.9. The first kappa shape index (κ1) is 21.0. The highest BCUT2D eigenvalue weighted by Crippen LogP contribution is 2.27. The Bertz CT molecular complexity index is 821. The number of nitrogens with one attached hydrogen (secondary N) is 2. The number of nitrogen functional groups attached to an aromatic ring is 2. The van der Waals surface area contributed by atoms with E-state index in [4.69, 9.17) is 20.9 Å². The lowest BCUT2D eigenvalue weighted by Crippen LogP contribution is -2.22. The number of ether oxygens (including phenoxy) is 2. The number of benzene rings is 1. The van der Waals surface area contributed by atoms with Gasteiger partial charge in [-0.2, -0.15) is 4.98 Å². The van der Waals surface area contributed by atoms with E-state index in [1.54, 1.807) is 12.3 Å². The number of hydrogen-bond acceptors (Lipinski definition) is 8. The third-order valence-corrected chi connectivity index (χ3v) is 4.64. The van der Waals surface area contributed by atoms with Crippen LogP contribution in [0.25, 0.3) is 6.08 Å². The van der Waals surface area contributed by atoms with Crippen LogP contribution in [0.4, 0.5) is 23.1 Å². The van der Waals surface area contributed by atoms with Crippen LogP contribution in [0.1, 0.15) is 36.8 Å². The first-order valence-corrected chi connectivity index (χ1v) is 9.98. The molecule has 3 rings (SSSR count).